The number of aliphatic imine (C=N–C) groups is 1. The molecule has 0 unspecified atom stereocenters. The van der Waals surface area contributed by atoms with E-state index in [0.29, 0.717) is 24.7 Å². The predicted octanol–water partition coefficient (Wildman–Crippen LogP) is 8.87. The van der Waals surface area contributed by atoms with Crippen molar-refractivity contribution in [2.45, 2.75) is 30.5 Å². The normalized spacial score (nSPS) is 17.4. The summed E-state index contributed by atoms with van der Waals surface area (Å²) in [5.41, 5.74) is 14.4. The number of rotatable bonds is 13. The summed E-state index contributed by atoms with van der Waals surface area (Å²) in [5.74, 6) is 0.738. The second-order valence-electron chi connectivity index (χ2n) is 13.5. The number of nitrogens with one attached hydrogen (secondary N) is 2. The van der Waals surface area contributed by atoms with E-state index in [1.165, 1.54) is 0 Å². The number of nitrogens with zero attached hydrogens (tertiary/aromatic N) is 1. The summed E-state index contributed by atoms with van der Waals surface area (Å²) in [6.07, 6.45) is 4.09. The second-order valence-corrected chi connectivity index (χ2v) is 13.5. The Morgan fingerprint density at radius 2 is 1.31 bits per heavy atom. The zero-order valence-corrected chi connectivity index (χ0v) is 29.8. The van der Waals surface area contributed by atoms with E-state index >= 15 is 4.79 Å². The highest BCUT2D eigenvalue weighted by molar-refractivity contribution is 6.01. The van der Waals surface area contributed by atoms with E-state index in [1.54, 1.807) is 0 Å². The molecular formula is C47H41N3O4. The SMILES string of the molecule is O=C(NNC1c2ccccc2-c2ccccc21)[C@@]1(C/C=C/c2ccccc2)N=C(c2ccc(OCCCO)cc2)O[C@H]1c1ccc(-c2ccccc2)cc1. The third kappa shape index (κ3) is 7.07. The van der Waals surface area contributed by atoms with E-state index in [4.69, 9.17) is 14.5 Å². The second kappa shape index (κ2) is 15.8. The van der Waals surface area contributed by atoms with Crippen LogP contribution in [0.2, 0.25) is 0 Å². The van der Waals surface area contributed by atoms with Gasteiger partial charge in [0.2, 0.25) is 5.90 Å². The van der Waals surface area contributed by atoms with Crippen molar-refractivity contribution in [3.63, 3.8) is 0 Å². The first-order valence-corrected chi connectivity index (χ1v) is 18.3. The monoisotopic (exact) mass is 711 g/mol. The number of hydrogen-bond donors (Lipinski definition) is 3. The molecule has 0 aromatic heterocycles. The molecule has 3 N–H and O–H groups in total. The number of carbonyl (C=O) groups is 1. The number of aliphatic hydroxyl groups is 1. The smallest absolute Gasteiger partial charge is 0.266 e. The maximum absolute atomic E-state index is 15.0. The Balaban J connectivity index is 1.17. The Hall–Kier alpha value is -6.28. The molecule has 54 heavy (non-hydrogen) atoms. The Labute approximate surface area is 315 Å². The van der Waals surface area contributed by atoms with Crippen LogP contribution in [0.4, 0.5) is 0 Å². The lowest BCUT2D eigenvalue weighted by molar-refractivity contribution is -0.130. The maximum Gasteiger partial charge on any atom is 0.266 e. The van der Waals surface area contributed by atoms with Crippen LogP contribution in [-0.2, 0) is 9.53 Å². The zero-order valence-electron chi connectivity index (χ0n) is 29.8. The molecule has 1 amide bonds. The highest BCUT2D eigenvalue weighted by atomic mass is 16.5. The van der Waals surface area contributed by atoms with Gasteiger partial charge in [-0.25, -0.2) is 10.4 Å². The average molecular weight is 712 g/mol. The van der Waals surface area contributed by atoms with Crippen LogP contribution in [0.15, 0.2) is 169 Å². The summed E-state index contributed by atoms with van der Waals surface area (Å²) in [7, 11) is 0. The average Bonchev–Trinajstić information content (AvgIpc) is 3.78. The topological polar surface area (TPSA) is 92.2 Å². The molecule has 0 fully saturated rings. The third-order valence-corrected chi connectivity index (χ3v) is 10.1. The Morgan fingerprint density at radius 1 is 0.722 bits per heavy atom. The molecule has 0 saturated heterocycles. The van der Waals surface area contributed by atoms with Gasteiger partial charge in [0, 0.05) is 25.0 Å². The van der Waals surface area contributed by atoms with Crippen molar-refractivity contribution in [2.75, 3.05) is 13.2 Å². The van der Waals surface area contributed by atoms with Crippen molar-refractivity contribution in [3.05, 3.63) is 192 Å². The molecule has 6 aromatic carbocycles. The molecule has 2 atom stereocenters. The van der Waals surface area contributed by atoms with Crippen LogP contribution in [0, 0.1) is 0 Å². The van der Waals surface area contributed by atoms with E-state index in [9.17, 15) is 5.11 Å². The van der Waals surface area contributed by atoms with Gasteiger partial charge in [0.1, 0.15) is 5.75 Å². The Bertz CT molecular complexity index is 2230. The fourth-order valence-electron chi connectivity index (χ4n) is 7.29. The van der Waals surface area contributed by atoms with Crippen LogP contribution >= 0.6 is 0 Å². The summed E-state index contributed by atoms with van der Waals surface area (Å²) in [6, 6.07) is 52.2. The van der Waals surface area contributed by atoms with Crippen LogP contribution in [-0.4, -0.2) is 35.7 Å². The number of amides is 1. The highest BCUT2D eigenvalue weighted by Crippen LogP contribution is 2.45. The van der Waals surface area contributed by atoms with Gasteiger partial charge in [-0.2, -0.15) is 0 Å². The quantitative estimate of drug-likeness (QED) is 0.0823. The van der Waals surface area contributed by atoms with Crippen molar-refractivity contribution >= 4 is 17.9 Å². The van der Waals surface area contributed by atoms with E-state index in [0.717, 1.165) is 50.1 Å². The van der Waals surface area contributed by atoms with Crippen molar-refractivity contribution in [1.29, 1.82) is 0 Å². The van der Waals surface area contributed by atoms with Crippen molar-refractivity contribution in [2.24, 2.45) is 4.99 Å². The van der Waals surface area contributed by atoms with Crippen LogP contribution < -0.4 is 15.6 Å². The van der Waals surface area contributed by atoms with Crippen molar-refractivity contribution in [1.82, 2.24) is 10.9 Å². The standard InChI is InChI=1S/C47H41N3O4/c51-31-12-32-53-38-28-26-37(27-29-38)45-48-47(30-11-15-33-13-3-1-4-14-33,44(54-45)36-24-22-35(23-25-36)34-16-5-2-6-17-34)46(52)50-49-43-41-20-9-7-18-39(41)40-19-8-10-21-42(40)43/h1-11,13-29,43-44,49,51H,12,30-32H2,(H,50,52)/b15-11+/t44-,47-/m0/s1. The van der Waals surface area contributed by atoms with Gasteiger partial charge < -0.3 is 14.6 Å². The number of aliphatic hydroxyl groups excluding tert-OH is 1. The molecule has 1 aliphatic heterocycles. The lowest BCUT2D eigenvalue weighted by Crippen LogP contribution is -2.53. The lowest BCUT2D eigenvalue weighted by atomic mass is 9.84. The van der Waals surface area contributed by atoms with Crippen LogP contribution in [0.3, 0.4) is 0 Å². The van der Waals surface area contributed by atoms with Crippen LogP contribution in [0.1, 0.15) is 52.8 Å². The number of carbonyl (C=O) groups excluding carboxylic acids is 1. The molecule has 8 rings (SSSR count). The molecule has 0 spiro atoms. The van der Waals surface area contributed by atoms with Crippen LogP contribution in [0.5, 0.6) is 5.75 Å². The van der Waals surface area contributed by atoms with E-state index in [1.807, 2.05) is 121 Å². The van der Waals surface area contributed by atoms with E-state index in [2.05, 4.69) is 59.4 Å². The molecule has 0 saturated carbocycles. The molecule has 6 aromatic rings. The first-order valence-electron chi connectivity index (χ1n) is 18.3. The summed E-state index contributed by atoms with van der Waals surface area (Å²) in [4.78, 5) is 20.2. The van der Waals surface area contributed by atoms with Gasteiger partial charge in [0.05, 0.1) is 12.6 Å². The zero-order chi connectivity index (χ0) is 36.7. The minimum atomic E-state index is -1.38. The number of benzene rings is 6. The first kappa shape index (κ1) is 34.8. The molecule has 7 heteroatoms. The summed E-state index contributed by atoms with van der Waals surface area (Å²) < 4.78 is 12.6. The molecule has 1 aliphatic carbocycles. The molecule has 0 bridgehead atoms. The third-order valence-electron chi connectivity index (χ3n) is 10.1. The van der Waals surface area contributed by atoms with Gasteiger partial charge in [-0.1, -0.05) is 146 Å². The molecule has 1 heterocycles. The van der Waals surface area contributed by atoms with Gasteiger partial charge >= 0.3 is 0 Å². The summed E-state index contributed by atoms with van der Waals surface area (Å²) in [5, 5.41) is 9.18. The maximum atomic E-state index is 15.0. The minimum absolute atomic E-state index is 0.0634. The summed E-state index contributed by atoms with van der Waals surface area (Å²) >= 11 is 0. The van der Waals surface area contributed by atoms with E-state index < -0.39 is 11.6 Å². The van der Waals surface area contributed by atoms with Gasteiger partial charge in [0.15, 0.2) is 11.6 Å². The fraction of sp³-hybridized carbons (Fsp3) is 0.149. The minimum Gasteiger partial charge on any atom is -0.494 e. The van der Waals surface area contributed by atoms with E-state index in [-0.39, 0.29) is 25.0 Å². The molecule has 7 nitrogen and oxygen atoms in total. The largest absolute Gasteiger partial charge is 0.494 e. The van der Waals surface area contributed by atoms with Gasteiger partial charge in [-0.05, 0) is 68.8 Å². The highest BCUT2D eigenvalue weighted by Gasteiger charge is 2.53. The molecule has 2 aliphatic rings. The van der Waals surface area contributed by atoms with Gasteiger partial charge in [0.25, 0.3) is 5.91 Å². The number of fused-ring (bicyclic) bond motifs is 3. The number of hydrogen-bond acceptors (Lipinski definition) is 6. The lowest BCUT2D eigenvalue weighted by Gasteiger charge is -2.30. The summed E-state index contributed by atoms with van der Waals surface area (Å²) in [6.45, 7) is 0.474. The Morgan fingerprint density at radius 3 is 1.98 bits per heavy atom. The fourth-order valence-corrected chi connectivity index (χ4v) is 7.29. The first-order chi connectivity index (χ1) is 26.6. The van der Waals surface area contributed by atoms with Crippen molar-refractivity contribution in [3.8, 4) is 28.0 Å². The predicted molar refractivity (Wildman–Crippen MR) is 214 cm³/mol. The number of ether oxygens (including phenoxy) is 2. The molecule has 0 radical (unpaired) electrons. The number of hydrazine groups is 1. The van der Waals surface area contributed by atoms with Gasteiger partial charge in [-0.15, -0.1) is 0 Å². The van der Waals surface area contributed by atoms with Crippen LogP contribution in [0.25, 0.3) is 28.3 Å². The molecule has 268 valence electrons. The van der Waals surface area contributed by atoms with Crippen molar-refractivity contribution < 1.29 is 19.4 Å². The molecular weight excluding hydrogens is 671 g/mol. The van der Waals surface area contributed by atoms with Gasteiger partial charge in [-0.3, -0.25) is 10.2 Å². The Kier molecular flexibility index (Phi) is 10.2.